The Labute approximate surface area is 107 Å². The van der Waals surface area contributed by atoms with Crippen LogP contribution in [0.25, 0.3) is 0 Å². The van der Waals surface area contributed by atoms with Gasteiger partial charge in [-0.05, 0) is 24.7 Å². The molecule has 1 nitrogen and oxygen atoms in total. The van der Waals surface area contributed by atoms with Crippen molar-refractivity contribution in [1.82, 2.24) is 0 Å². The quantitative estimate of drug-likeness (QED) is 0.741. The lowest BCUT2D eigenvalue weighted by Crippen LogP contribution is -2.20. The highest BCUT2D eigenvalue weighted by atomic mass is 35.5. The monoisotopic (exact) mass is 280 g/mol. The van der Waals surface area contributed by atoms with Crippen molar-refractivity contribution in [3.05, 3.63) is 20.3 Å². The fourth-order valence-corrected chi connectivity index (χ4v) is 4.37. The molecule has 0 saturated carbocycles. The number of Topliss-reactive ketones (excluding diaryl/α,β-unsaturated/α-hetero) is 1. The average molecular weight is 281 g/mol. The molecule has 2 rings (SSSR count). The maximum Gasteiger partial charge on any atom is 0.178 e. The first-order chi connectivity index (χ1) is 7.18. The summed E-state index contributed by atoms with van der Waals surface area (Å²) in [6.45, 7) is 0. The second-order valence-corrected chi connectivity index (χ2v) is 7.05. The van der Waals surface area contributed by atoms with Gasteiger partial charge in [0.1, 0.15) is 4.34 Å². The Morgan fingerprint density at radius 3 is 2.73 bits per heavy atom. The number of carbonyl (C=O) groups excluding carboxylic acids is 1. The van der Waals surface area contributed by atoms with Crippen LogP contribution in [-0.2, 0) is 0 Å². The molecule has 2 heterocycles. The standard InChI is InChI=1S/C10H10Cl2OS2/c11-8-5-6(10(12)15-8)9(13)7-3-1-2-4-14-7/h5,7H,1-4H2. The molecule has 1 aliphatic rings. The molecule has 1 aromatic heterocycles. The van der Waals surface area contributed by atoms with E-state index in [-0.39, 0.29) is 11.0 Å². The minimum Gasteiger partial charge on any atom is -0.293 e. The van der Waals surface area contributed by atoms with Crippen LogP contribution in [0.15, 0.2) is 6.07 Å². The molecule has 1 saturated heterocycles. The van der Waals surface area contributed by atoms with E-state index >= 15 is 0 Å². The van der Waals surface area contributed by atoms with Crippen molar-refractivity contribution in [2.24, 2.45) is 0 Å². The number of carbonyl (C=O) groups is 1. The predicted octanol–water partition coefficient (Wildman–Crippen LogP) is 4.52. The zero-order valence-electron chi connectivity index (χ0n) is 7.96. The summed E-state index contributed by atoms with van der Waals surface area (Å²) in [6.07, 6.45) is 3.32. The number of hydrogen-bond acceptors (Lipinski definition) is 3. The summed E-state index contributed by atoms with van der Waals surface area (Å²) in [5, 5.41) is 0.0851. The first-order valence-corrected chi connectivity index (χ1v) is 7.41. The van der Waals surface area contributed by atoms with E-state index < -0.39 is 0 Å². The van der Waals surface area contributed by atoms with E-state index in [0.717, 1.165) is 18.6 Å². The van der Waals surface area contributed by atoms with E-state index in [0.29, 0.717) is 14.2 Å². The summed E-state index contributed by atoms with van der Waals surface area (Å²) in [4.78, 5) is 12.1. The molecule has 1 atom stereocenters. The molecule has 1 aromatic rings. The van der Waals surface area contributed by atoms with E-state index in [9.17, 15) is 4.79 Å². The number of halogens is 2. The Bertz CT molecular complexity index is 369. The third-order valence-corrected chi connectivity index (χ3v) is 5.26. The van der Waals surface area contributed by atoms with Crippen molar-refractivity contribution in [3.8, 4) is 0 Å². The predicted molar refractivity (Wildman–Crippen MR) is 68.8 cm³/mol. The second kappa shape index (κ2) is 5.09. The van der Waals surface area contributed by atoms with E-state index in [1.54, 1.807) is 17.8 Å². The molecule has 1 unspecified atom stereocenters. The summed E-state index contributed by atoms with van der Waals surface area (Å²) in [7, 11) is 0. The van der Waals surface area contributed by atoms with Crippen molar-refractivity contribution >= 4 is 52.1 Å². The van der Waals surface area contributed by atoms with Crippen LogP contribution in [0.3, 0.4) is 0 Å². The van der Waals surface area contributed by atoms with Gasteiger partial charge in [-0.1, -0.05) is 29.6 Å². The van der Waals surface area contributed by atoms with Crippen LogP contribution in [0.2, 0.25) is 8.67 Å². The molecule has 0 spiro atoms. The molecular weight excluding hydrogens is 271 g/mol. The van der Waals surface area contributed by atoms with Crippen molar-refractivity contribution in [1.29, 1.82) is 0 Å². The maximum atomic E-state index is 12.1. The van der Waals surface area contributed by atoms with E-state index in [2.05, 4.69) is 0 Å². The van der Waals surface area contributed by atoms with Crippen LogP contribution < -0.4 is 0 Å². The van der Waals surface area contributed by atoms with Gasteiger partial charge in [-0.15, -0.1) is 11.3 Å². The Hall–Kier alpha value is 0.300. The van der Waals surface area contributed by atoms with Gasteiger partial charge in [0.15, 0.2) is 5.78 Å². The van der Waals surface area contributed by atoms with Gasteiger partial charge < -0.3 is 0 Å². The zero-order valence-corrected chi connectivity index (χ0v) is 11.1. The Kier molecular flexibility index (Phi) is 3.99. The lowest BCUT2D eigenvalue weighted by Gasteiger charge is -2.19. The van der Waals surface area contributed by atoms with Gasteiger partial charge in [0.05, 0.1) is 9.59 Å². The third kappa shape index (κ3) is 2.70. The minimum absolute atomic E-state index is 0.0851. The van der Waals surface area contributed by atoms with E-state index in [1.807, 2.05) is 0 Å². The van der Waals surface area contributed by atoms with Gasteiger partial charge in [0.2, 0.25) is 0 Å². The zero-order chi connectivity index (χ0) is 10.8. The number of rotatable bonds is 2. The average Bonchev–Trinajstić information content (AvgIpc) is 2.58. The maximum absolute atomic E-state index is 12.1. The first kappa shape index (κ1) is 11.8. The molecule has 1 fully saturated rings. The molecule has 0 bridgehead atoms. The number of thiophene rings is 1. The fraction of sp³-hybridized carbons (Fsp3) is 0.500. The molecule has 0 radical (unpaired) electrons. The Balaban J connectivity index is 2.16. The van der Waals surface area contributed by atoms with Crippen LogP contribution in [0.4, 0.5) is 0 Å². The highest BCUT2D eigenvalue weighted by molar-refractivity contribution is 8.00. The van der Waals surface area contributed by atoms with Gasteiger partial charge in [-0.3, -0.25) is 4.79 Å². The van der Waals surface area contributed by atoms with Gasteiger partial charge in [0.25, 0.3) is 0 Å². The highest BCUT2D eigenvalue weighted by Gasteiger charge is 2.25. The van der Waals surface area contributed by atoms with Crippen molar-refractivity contribution in [2.45, 2.75) is 24.5 Å². The van der Waals surface area contributed by atoms with Crippen molar-refractivity contribution < 1.29 is 4.79 Å². The van der Waals surface area contributed by atoms with E-state index in [1.165, 1.54) is 17.8 Å². The summed E-state index contributed by atoms with van der Waals surface area (Å²) >= 11 is 14.8. The van der Waals surface area contributed by atoms with E-state index in [4.69, 9.17) is 23.2 Å². The molecule has 1 aliphatic heterocycles. The molecule has 82 valence electrons. The molecule has 0 N–H and O–H groups in total. The van der Waals surface area contributed by atoms with Crippen LogP contribution >= 0.6 is 46.3 Å². The summed E-state index contributed by atoms with van der Waals surface area (Å²) in [6, 6.07) is 1.69. The normalized spacial score (nSPS) is 21.6. The summed E-state index contributed by atoms with van der Waals surface area (Å²) in [5.41, 5.74) is 0.603. The molecule has 0 aromatic carbocycles. The summed E-state index contributed by atoms with van der Waals surface area (Å²) < 4.78 is 1.11. The third-order valence-electron chi connectivity index (χ3n) is 2.39. The largest absolute Gasteiger partial charge is 0.293 e. The smallest absolute Gasteiger partial charge is 0.178 e. The SMILES string of the molecule is O=C(c1cc(Cl)sc1Cl)C1CCCCS1. The second-order valence-electron chi connectivity index (χ2n) is 3.46. The highest BCUT2D eigenvalue weighted by Crippen LogP contribution is 2.35. The van der Waals surface area contributed by atoms with Crippen molar-refractivity contribution in [3.63, 3.8) is 0 Å². The Morgan fingerprint density at radius 2 is 2.20 bits per heavy atom. The molecule has 15 heavy (non-hydrogen) atoms. The fourth-order valence-electron chi connectivity index (χ4n) is 1.63. The van der Waals surface area contributed by atoms with Gasteiger partial charge in [-0.2, -0.15) is 11.8 Å². The summed E-state index contributed by atoms with van der Waals surface area (Å²) in [5.74, 6) is 1.22. The van der Waals surface area contributed by atoms with Gasteiger partial charge in [0, 0.05) is 5.56 Å². The number of ketones is 1. The van der Waals surface area contributed by atoms with Crippen LogP contribution in [0.5, 0.6) is 0 Å². The van der Waals surface area contributed by atoms with Gasteiger partial charge >= 0.3 is 0 Å². The van der Waals surface area contributed by atoms with Crippen LogP contribution in [0, 0.1) is 0 Å². The molecule has 5 heteroatoms. The molecule has 0 aliphatic carbocycles. The number of hydrogen-bond donors (Lipinski definition) is 0. The minimum atomic E-state index is 0.0851. The Morgan fingerprint density at radius 1 is 1.40 bits per heavy atom. The number of thioether (sulfide) groups is 1. The first-order valence-electron chi connectivity index (χ1n) is 4.79. The molecule has 0 amide bonds. The van der Waals surface area contributed by atoms with Crippen molar-refractivity contribution in [2.75, 3.05) is 5.75 Å². The lowest BCUT2D eigenvalue weighted by atomic mass is 10.1. The molecular formula is C10H10Cl2OS2. The van der Waals surface area contributed by atoms with Crippen LogP contribution in [0.1, 0.15) is 29.6 Å². The lowest BCUT2D eigenvalue weighted by molar-refractivity contribution is 0.0985. The van der Waals surface area contributed by atoms with Gasteiger partial charge in [-0.25, -0.2) is 0 Å². The van der Waals surface area contributed by atoms with Crippen LogP contribution in [-0.4, -0.2) is 16.8 Å². The topological polar surface area (TPSA) is 17.1 Å².